The second-order valence-electron chi connectivity index (χ2n) is 5.06. The molecule has 5 heteroatoms. The molecule has 1 aromatic carbocycles. The zero-order valence-corrected chi connectivity index (χ0v) is 13.6. The molecule has 0 N–H and O–H groups in total. The average molecular weight is 317 g/mol. The Hall–Kier alpha value is -1.88. The van der Waals surface area contributed by atoms with Crippen LogP contribution in [0.4, 0.5) is 0 Å². The van der Waals surface area contributed by atoms with E-state index >= 15 is 0 Å². The van der Waals surface area contributed by atoms with Gasteiger partial charge in [0.25, 0.3) is 0 Å². The van der Waals surface area contributed by atoms with E-state index in [2.05, 4.69) is 4.57 Å². The molecule has 1 aliphatic rings. The lowest BCUT2D eigenvalue weighted by atomic mass is 10.1. The predicted octanol–water partition coefficient (Wildman–Crippen LogP) is 3.45. The molecule has 2 aromatic rings. The monoisotopic (exact) mass is 317 g/mol. The molecule has 0 saturated heterocycles. The number of methoxy groups -OCH3 is 1. The molecule has 0 radical (unpaired) electrons. The summed E-state index contributed by atoms with van der Waals surface area (Å²) in [5.41, 5.74) is 4.07. The molecule has 0 aliphatic carbocycles. The van der Waals surface area contributed by atoms with Gasteiger partial charge in [-0.15, -0.1) is 0 Å². The summed E-state index contributed by atoms with van der Waals surface area (Å²) in [4.78, 5) is 12.2. The number of thioether (sulfide) groups is 1. The van der Waals surface area contributed by atoms with Crippen LogP contribution in [0.15, 0.2) is 30.5 Å². The third-order valence-electron chi connectivity index (χ3n) is 3.80. The molecule has 1 aliphatic heterocycles. The highest BCUT2D eigenvalue weighted by atomic mass is 32.2. The summed E-state index contributed by atoms with van der Waals surface area (Å²) in [7, 11) is 1.66. The lowest BCUT2D eigenvalue weighted by molar-refractivity contribution is 0.0525. The number of carbonyl (C=O) groups is 1. The van der Waals surface area contributed by atoms with Gasteiger partial charge in [-0.3, -0.25) is 0 Å². The maximum atomic E-state index is 12.2. The van der Waals surface area contributed by atoms with Crippen LogP contribution in [0.2, 0.25) is 0 Å². The largest absolute Gasteiger partial charge is 0.497 e. The minimum Gasteiger partial charge on any atom is -0.497 e. The molecular formula is C17H19NO3S. The Labute approximate surface area is 134 Å². The maximum Gasteiger partial charge on any atom is 0.340 e. The highest BCUT2D eigenvalue weighted by Gasteiger charge is 2.24. The molecule has 0 unspecified atom stereocenters. The molecule has 0 amide bonds. The number of nitrogens with zero attached hydrogens (tertiary/aromatic N) is 1. The second-order valence-corrected chi connectivity index (χ2v) is 6.16. The van der Waals surface area contributed by atoms with Gasteiger partial charge in [-0.05, 0) is 48.9 Å². The van der Waals surface area contributed by atoms with Crippen molar-refractivity contribution in [3.63, 3.8) is 0 Å². The predicted molar refractivity (Wildman–Crippen MR) is 88.1 cm³/mol. The highest BCUT2D eigenvalue weighted by molar-refractivity contribution is 7.98. The van der Waals surface area contributed by atoms with Crippen LogP contribution in [-0.2, 0) is 16.9 Å². The van der Waals surface area contributed by atoms with E-state index in [1.54, 1.807) is 7.11 Å². The van der Waals surface area contributed by atoms with E-state index in [9.17, 15) is 4.79 Å². The van der Waals surface area contributed by atoms with E-state index in [0.29, 0.717) is 12.2 Å². The van der Waals surface area contributed by atoms with Crippen molar-refractivity contribution in [1.29, 1.82) is 0 Å². The second kappa shape index (κ2) is 6.48. The highest BCUT2D eigenvalue weighted by Crippen LogP contribution is 2.32. The fourth-order valence-corrected chi connectivity index (χ4v) is 3.73. The summed E-state index contributed by atoms with van der Waals surface area (Å²) in [6.45, 7) is 2.23. The lowest BCUT2D eigenvalue weighted by Crippen LogP contribution is -2.09. The number of rotatable bonds is 4. The van der Waals surface area contributed by atoms with Gasteiger partial charge in [0.15, 0.2) is 0 Å². The molecule has 3 rings (SSSR count). The number of hydrogen-bond acceptors (Lipinski definition) is 4. The fourth-order valence-electron chi connectivity index (χ4n) is 2.72. The fraction of sp³-hybridized carbons (Fsp3) is 0.353. The molecule has 1 aromatic heterocycles. The summed E-state index contributed by atoms with van der Waals surface area (Å²) in [6.07, 6.45) is 2.88. The van der Waals surface area contributed by atoms with Crippen molar-refractivity contribution < 1.29 is 14.3 Å². The van der Waals surface area contributed by atoms with Crippen molar-refractivity contribution >= 4 is 17.7 Å². The van der Waals surface area contributed by atoms with Gasteiger partial charge in [0.05, 0.1) is 19.3 Å². The van der Waals surface area contributed by atoms with Crippen molar-refractivity contribution in [3.05, 3.63) is 47.3 Å². The first kappa shape index (κ1) is 15.0. The van der Waals surface area contributed by atoms with Crippen LogP contribution < -0.4 is 4.74 Å². The van der Waals surface area contributed by atoms with E-state index < -0.39 is 0 Å². The first-order valence-electron chi connectivity index (χ1n) is 7.37. The SMILES string of the molecule is CCOC(=O)c1cn(-c2ccc(OC)cc2)c2c1CSCC2. The van der Waals surface area contributed by atoms with Crippen LogP contribution >= 0.6 is 11.8 Å². The number of hydrogen-bond donors (Lipinski definition) is 0. The van der Waals surface area contributed by atoms with Gasteiger partial charge in [-0.1, -0.05) is 0 Å². The van der Waals surface area contributed by atoms with Crippen LogP contribution in [0.5, 0.6) is 5.75 Å². The summed E-state index contributed by atoms with van der Waals surface area (Å²) in [5.74, 6) is 2.54. The van der Waals surface area contributed by atoms with Crippen LogP contribution in [0.25, 0.3) is 5.69 Å². The Morgan fingerprint density at radius 3 is 2.77 bits per heavy atom. The Balaban J connectivity index is 2.05. The van der Waals surface area contributed by atoms with E-state index in [0.717, 1.165) is 34.9 Å². The van der Waals surface area contributed by atoms with Crippen LogP contribution in [0.1, 0.15) is 28.5 Å². The van der Waals surface area contributed by atoms with E-state index in [1.165, 1.54) is 5.69 Å². The zero-order chi connectivity index (χ0) is 15.5. The third kappa shape index (κ3) is 2.73. The normalized spacial score (nSPS) is 13.5. The molecule has 4 nitrogen and oxygen atoms in total. The molecule has 2 heterocycles. The molecule has 0 bridgehead atoms. The van der Waals surface area contributed by atoms with Gasteiger partial charge in [-0.25, -0.2) is 4.79 Å². The van der Waals surface area contributed by atoms with Crippen LogP contribution in [0.3, 0.4) is 0 Å². The van der Waals surface area contributed by atoms with E-state index in [1.807, 2.05) is 49.1 Å². The quantitative estimate of drug-likeness (QED) is 0.810. The van der Waals surface area contributed by atoms with Crippen molar-refractivity contribution in [2.24, 2.45) is 0 Å². The minimum atomic E-state index is -0.228. The summed E-state index contributed by atoms with van der Waals surface area (Å²) < 4.78 is 12.5. The standard InChI is InChI=1S/C17H19NO3S/c1-3-21-17(19)14-10-18(16-8-9-22-11-15(14)16)12-4-6-13(20-2)7-5-12/h4-7,10H,3,8-9,11H2,1-2H3. The molecule has 0 spiro atoms. The van der Waals surface area contributed by atoms with Crippen LogP contribution in [-0.4, -0.2) is 30.0 Å². The minimum absolute atomic E-state index is 0.228. The number of ether oxygens (including phenoxy) is 2. The van der Waals surface area contributed by atoms with E-state index in [4.69, 9.17) is 9.47 Å². The maximum absolute atomic E-state index is 12.2. The van der Waals surface area contributed by atoms with Gasteiger partial charge in [-0.2, -0.15) is 11.8 Å². The van der Waals surface area contributed by atoms with E-state index in [-0.39, 0.29) is 5.97 Å². The Bertz CT molecular complexity index is 676. The Morgan fingerprint density at radius 1 is 1.32 bits per heavy atom. The third-order valence-corrected chi connectivity index (χ3v) is 4.78. The van der Waals surface area contributed by atoms with Gasteiger partial charge in [0.1, 0.15) is 5.75 Å². The molecule has 0 fully saturated rings. The van der Waals surface area contributed by atoms with Crippen molar-refractivity contribution in [3.8, 4) is 11.4 Å². The molecule has 0 saturated carbocycles. The molecule has 116 valence electrons. The Morgan fingerprint density at radius 2 is 2.09 bits per heavy atom. The van der Waals surface area contributed by atoms with Crippen LogP contribution in [0, 0.1) is 0 Å². The summed E-state index contributed by atoms with van der Waals surface area (Å²) in [6, 6.07) is 7.89. The first-order valence-corrected chi connectivity index (χ1v) is 8.52. The van der Waals surface area contributed by atoms with Crippen molar-refractivity contribution in [2.75, 3.05) is 19.5 Å². The number of fused-ring (bicyclic) bond motifs is 1. The number of aromatic nitrogens is 1. The molecule has 0 atom stereocenters. The summed E-state index contributed by atoms with van der Waals surface area (Å²) >= 11 is 1.86. The lowest BCUT2D eigenvalue weighted by Gasteiger charge is -2.16. The zero-order valence-electron chi connectivity index (χ0n) is 12.8. The number of esters is 1. The molecular weight excluding hydrogens is 298 g/mol. The van der Waals surface area contributed by atoms with Gasteiger partial charge in [0, 0.05) is 23.3 Å². The van der Waals surface area contributed by atoms with Crippen molar-refractivity contribution in [1.82, 2.24) is 4.57 Å². The van der Waals surface area contributed by atoms with Gasteiger partial charge in [0.2, 0.25) is 0 Å². The Kier molecular flexibility index (Phi) is 4.43. The van der Waals surface area contributed by atoms with Gasteiger partial charge >= 0.3 is 5.97 Å². The van der Waals surface area contributed by atoms with Crippen molar-refractivity contribution in [2.45, 2.75) is 19.1 Å². The smallest absolute Gasteiger partial charge is 0.340 e. The topological polar surface area (TPSA) is 40.5 Å². The number of benzene rings is 1. The van der Waals surface area contributed by atoms with Gasteiger partial charge < -0.3 is 14.0 Å². The summed E-state index contributed by atoms with van der Waals surface area (Å²) in [5, 5.41) is 0. The first-order chi connectivity index (χ1) is 10.7. The average Bonchev–Trinajstić information content (AvgIpc) is 2.95. The number of carbonyl (C=O) groups excluding carboxylic acids is 1. The molecule has 22 heavy (non-hydrogen) atoms.